The van der Waals surface area contributed by atoms with Gasteiger partial charge >= 0.3 is 0 Å². The zero-order chi connectivity index (χ0) is 13.0. The summed E-state index contributed by atoms with van der Waals surface area (Å²) in [6.45, 7) is 0.566. The molecule has 1 aromatic rings. The second-order valence-corrected chi connectivity index (χ2v) is 3.97. The number of rotatable bonds is 4. The quantitative estimate of drug-likeness (QED) is 0.679. The molecular weight excluding hydrogens is 234 g/mol. The molecule has 2 rings (SSSR count). The first-order valence-electron chi connectivity index (χ1n) is 5.71. The summed E-state index contributed by atoms with van der Waals surface area (Å²) in [5.41, 5.74) is 6.87. The molecule has 0 aliphatic carbocycles. The lowest BCUT2D eigenvalue weighted by atomic mass is 10.1. The fraction of sp³-hybridized carbons (Fsp3) is 0.333. The zero-order valence-electron chi connectivity index (χ0n) is 9.86. The Hall–Kier alpha value is -2.08. The lowest BCUT2D eigenvalue weighted by Crippen LogP contribution is -2.31. The number of anilines is 1. The van der Waals surface area contributed by atoms with E-state index in [2.05, 4.69) is 10.6 Å². The summed E-state index contributed by atoms with van der Waals surface area (Å²) < 4.78 is 5.25. The lowest BCUT2D eigenvalue weighted by molar-refractivity contribution is -0.120. The van der Waals surface area contributed by atoms with E-state index in [0.717, 1.165) is 5.56 Å². The Kier molecular flexibility index (Phi) is 3.78. The number of nitrogens with two attached hydrogens (primary N) is 1. The van der Waals surface area contributed by atoms with Crippen LogP contribution in [0.5, 0.6) is 5.75 Å². The number of hydrogen-bond acceptors (Lipinski definition) is 4. The van der Waals surface area contributed by atoms with Crippen molar-refractivity contribution in [3.8, 4) is 5.75 Å². The number of fused-ring (bicyclic) bond motifs is 1. The average Bonchev–Trinajstić information content (AvgIpc) is 2.38. The van der Waals surface area contributed by atoms with Crippen molar-refractivity contribution in [2.75, 3.05) is 25.0 Å². The molecule has 1 aliphatic rings. The fourth-order valence-corrected chi connectivity index (χ4v) is 1.70. The number of hydrogen-bond donors (Lipinski definition) is 3. The van der Waals surface area contributed by atoms with Crippen LogP contribution in [0.15, 0.2) is 18.2 Å². The molecule has 6 nitrogen and oxygen atoms in total. The van der Waals surface area contributed by atoms with Crippen LogP contribution in [-0.4, -0.2) is 31.5 Å². The predicted octanol–water partition coefficient (Wildman–Crippen LogP) is -0.365. The van der Waals surface area contributed by atoms with Gasteiger partial charge in [0.15, 0.2) is 6.61 Å². The third kappa shape index (κ3) is 2.98. The van der Waals surface area contributed by atoms with Crippen molar-refractivity contribution in [2.24, 2.45) is 5.73 Å². The molecule has 2 amide bonds. The summed E-state index contributed by atoms with van der Waals surface area (Å²) in [7, 11) is 0. The van der Waals surface area contributed by atoms with Gasteiger partial charge < -0.3 is 21.1 Å². The summed E-state index contributed by atoms with van der Waals surface area (Å²) in [4.78, 5) is 22.1. The molecule has 0 radical (unpaired) electrons. The number of benzene rings is 1. The monoisotopic (exact) mass is 249 g/mol. The normalized spacial score (nSPS) is 13.3. The minimum absolute atomic E-state index is 0.00587. The predicted molar refractivity (Wildman–Crippen MR) is 66.3 cm³/mol. The van der Waals surface area contributed by atoms with Crippen molar-refractivity contribution in [3.63, 3.8) is 0 Å². The number of ether oxygens (including phenoxy) is 1. The van der Waals surface area contributed by atoms with Crippen LogP contribution in [0.3, 0.4) is 0 Å². The van der Waals surface area contributed by atoms with Crippen molar-refractivity contribution in [1.82, 2.24) is 5.32 Å². The van der Waals surface area contributed by atoms with E-state index < -0.39 is 0 Å². The van der Waals surface area contributed by atoms with Crippen LogP contribution >= 0.6 is 0 Å². The molecule has 0 aromatic heterocycles. The standard InChI is InChI=1S/C12H15N3O3/c13-6-11(16)14-4-3-8-1-2-10-9(5-8)15-12(17)7-18-10/h1-2,5H,3-4,6-7,13H2,(H,14,16)(H,15,17). The van der Waals surface area contributed by atoms with Crippen molar-refractivity contribution in [3.05, 3.63) is 23.8 Å². The first-order chi connectivity index (χ1) is 8.69. The van der Waals surface area contributed by atoms with E-state index in [4.69, 9.17) is 10.5 Å². The van der Waals surface area contributed by atoms with E-state index in [1.165, 1.54) is 0 Å². The molecule has 1 heterocycles. The van der Waals surface area contributed by atoms with Gasteiger partial charge in [0, 0.05) is 6.54 Å². The molecule has 6 heteroatoms. The molecule has 18 heavy (non-hydrogen) atoms. The summed E-state index contributed by atoms with van der Waals surface area (Å²) in [5.74, 6) is 0.338. The Bertz CT molecular complexity index is 474. The number of nitrogens with one attached hydrogen (secondary N) is 2. The van der Waals surface area contributed by atoms with Gasteiger partial charge in [-0.15, -0.1) is 0 Å². The number of amides is 2. The second-order valence-electron chi connectivity index (χ2n) is 3.97. The maximum atomic E-state index is 11.2. The SMILES string of the molecule is NCC(=O)NCCc1ccc2c(c1)NC(=O)CO2. The number of carbonyl (C=O) groups excluding carboxylic acids is 2. The van der Waals surface area contributed by atoms with Crippen molar-refractivity contribution in [1.29, 1.82) is 0 Å². The molecule has 0 atom stereocenters. The van der Waals surface area contributed by atoms with E-state index in [-0.39, 0.29) is 25.0 Å². The minimum Gasteiger partial charge on any atom is -0.482 e. The van der Waals surface area contributed by atoms with Crippen molar-refractivity contribution in [2.45, 2.75) is 6.42 Å². The molecule has 0 saturated carbocycles. The Morgan fingerprint density at radius 3 is 3.11 bits per heavy atom. The molecular formula is C12H15N3O3. The van der Waals surface area contributed by atoms with Crippen LogP contribution in [0.2, 0.25) is 0 Å². The molecule has 0 fully saturated rings. The van der Waals surface area contributed by atoms with E-state index >= 15 is 0 Å². The Morgan fingerprint density at radius 1 is 1.50 bits per heavy atom. The molecule has 0 unspecified atom stereocenters. The van der Waals surface area contributed by atoms with E-state index in [9.17, 15) is 9.59 Å². The first kappa shape index (κ1) is 12.4. The molecule has 0 spiro atoms. The van der Waals surface area contributed by atoms with E-state index in [0.29, 0.717) is 24.4 Å². The Labute approximate surface area is 104 Å². The van der Waals surface area contributed by atoms with Crippen LogP contribution in [0.25, 0.3) is 0 Å². The van der Waals surface area contributed by atoms with Crippen LogP contribution in [0.1, 0.15) is 5.56 Å². The molecule has 0 bridgehead atoms. The van der Waals surface area contributed by atoms with Gasteiger partial charge in [0.2, 0.25) is 5.91 Å². The van der Waals surface area contributed by atoms with Gasteiger partial charge in [-0.2, -0.15) is 0 Å². The third-order valence-corrected chi connectivity index (χ3v) is 2.60. The maximum Gasteiger partial charge on any atom is 0.262 e. The lowest BCUT2D eigenvalue weighted by Gasteiger charge is -2.18. The van der Waals surface area contributed by atoms with Crippen LogP contribution < -0.4 is 21.1 Å². The van der Waals surface area contributed by atoms with Crippen molar-refractivity contribution >= 4 is 17.5 Å². The van der Waals surface area contributed by atoms with E-state index in [1.54, 1.807) is 0 Å². The molecule has 1 aromatic carbocycles. The van der Waals surface area contributed by atoms with Gasteiger partial charge in [-0.1, -0.05) is 6.07 Å². The van der Waals surface area contributed by atoms with Crippen LogP contribution in [0, 0.1) is 0 Å². The fourth-order valence-electron chi connectivity index (χ4n) is 1.70. The highest BCUT2D eigenvalue weighted by atomic mass is 16.5. The maximum absolute atomic E-state index is 11.2. The largest absolute Gasteiger partial charge is 0.482 e. The van der Waals surface area contributed by atoms with Gasteiger partial charge in [-0.05, 0) is 24.1 Å². The summed E-state index contributed by atoms with van der Waals surface area (Å²) in [5, 5.41) is 5.43. The Balaban J connectivity index is 1.96. The molecule has 96 valence electrons. The minimum atomic E-state index is -0.176. The average molecular weight is 249 g/mol. The van der Waals surface area contributed by atoms with Gasteiger partial charge in [0.1, 0.15) is 5.75 Å². The zero-order valence-corrected chi connectivity index (χ0v) is 9.86. The molecule has 4 N–H and O–H groups in total. The highest BCUT2D eigenvalue weighted by Crippen LogP contribution is 2.28. The molecule has 0 saturated heterocycles. The third-order valence-electron chi connectivity index (χ3n) is 2.60. The van der Waals surface area contributed by atoms with Crippen molar-refractivity contribution < 1.29 is 14.3 Å². The van der Waals surface area contributed by atoms with Gasteiger partial charge in [-0.3, -0.25) is 9.59 Å². The number of carbonyl (C=O) groups is 2. The Morgan fingerprint density at radius 2 is 2.33 bits per heavy atom. The summed E-state index contributed by atoms with van der Waals surface area (Å²) in [6, 6.07) is 5.57. The van der Waals surface area contributed by atoms with E-state index in [1.807, 2.05) is 18.2 Å². The topological polar surface area (TPSA) is 93.5 Å². The summed E-state index contributed by atoms with van der Waals surface area (Å²) in [6.07, 6.45) is 0.675. The highest BCUT2D eigenvalue weighted by molar-refractivity contribution is 5.95. The van der Waals surface area contributed by atoms with Crippen LogP contribution in [0.4, 0.5) is 5.69 Å². The highest BCUT2D eigenvalue weighted by Gasteiger charge is 2.15. The van der Waals surface area contributed by atoms with Crippen LogP contribution in [-0.2, 0) is 16.0 Å². The van der Waals surface area contributed by atoms with Gasteiger partial charge in [-0.25, -0.2) is 0 Å². The summed E-state index contributed by atoms with van der Waals surface area (Å²) >= 11 is 0. The first-order valence-corrected chi connectivity index (χ1v) is 5.71. The smallest absolute Gasteiger partial charge is 0.262 e. The van der Waals surface area contributed by atoms with Gasteiger partial charge in [0.05, 0.1) is 12.2 Å². The van der Waals surface area contributed by atoms with Gasteiger partial charge in [0.25, 0.3) is 5.91 Å². The molecule has 1 aliphatic heterocycles. The second kappa shape index (κ2) is 5.50.